The number of carbonyl (C=O) groups is 1. The molecule has 0 bridgehead atoms. The number of amides is 1. The molecule has 2 aromatic rings. The smallest absolute Gasteiger partial charge is 0.225 e. The summed E-state index contributed by atoms with van der Waals surface area (Å²) in [5.41, 5.74) is 1.04. The SMILES string of the molecule is O=C(NCc1ccco1)C1CCN(c2cnc(N3CCCC3)nc2)CC1. The number of nitrogens with zero attached hydrogens (tertiary/aromatic N) is 4. The van der Waals surface area contributed by atoms with Crippen LogP contribution < -0.4 is 15.1 Å². The van der Waals surface area contributed by atoms with Crippen LogP contribution in [0.2, 0.25) is 0 Å². The molecule has 2 saturated heterocycles. The maximum Gasteiger partial charge on any atom is 0.225 e. The maximum absolute atomic E-state index is 12.3. The molecule has 1 N–H and O–H groups in total. The van der Waals surface area contributed by atoms with E-state index in [-0.39, 0.29) is 11.8 Å². The van der Waals surface area contributed by atoms with Crippen LogP contribution in [0, 0.1) is 5.92 Å². The fourth-order valence-corrected chi connectivity index (χ4v) is 3.69. The molecule has 0 unspecified atom stereocenters. The highest BCUT2D eigenvalue weighted by molar-refractivity contribution is 5.78. The van der Waals surface area contributed by atoms with Crippen LogP contribution in [0.5, 0.6) is 0 Å². The van der Waals surface area contributed by atoms with Crippen molar-refractivity contribution in [3.63, 3.8) is 0 Å². The van der Waals surface area contributed by atoms with Crippen molar-refractivity contribution < 1.29 is 9.21 Å². The third kappa shape index (κ3) is 3.81. The van der Waals surface area contributed by atoms with E-state index in [1.165, 1.54) is 12.8 Å². The molecule has 0 aromatic carbocycles. The topological polar surface area (TPSA) is 74.5 Å². The lowest BCUT2D eigenvalue weighted by atomic mass is 9.95. The Hall–Kier alpha value is -2.57. The van der Waals surface area contributed by atoms with Gasteiger partial charge in [0.25, 0.3) is 0 Å². The lowest BCUT2D eigenvalue weighted by Crippen LogP contribution is -2.40. The minimum absolute atomic E-state index is 0.0611. The van der Waals surface area contributed by atoms with E-state index in [0.717, 1.165) is 56.4 Å². The molecule has 138 valence electrons. The summed E-state index contributed by atoms with van der Waals surface area (Å²) in [6.45, 7) is 4.27. The van der Waals surface area contributed by atoms with Crippen LogP contribution in [-0.4, -0.2) is 42.1 Å². The minimum atomic E-state index is 0.0611. The fourth-order valence-electron chi connectivity index (χ4n) is 3.69. The summed E-state index contributed by atoms with van der Waals surface area (Å²) in [5.74, 6) is 1.79. The number of rotatable bonds is 5. The van der Waals surface area contributed by atoms with Crippen molar-refractivity contribution in [2.45, 2.75) is 32.2 Å². The lowest BCUT2D eigenvalue weighted by Gasteiger charge is -2.32. The van der Waals surface area contributed by atoms with Crippen molar-refractivity contribution in [3.05, 3.63) is 36.5 Å². The predicted molar refractivity (Wildman–Crippen MR) is 99.0 cm³/mol. The van der Waals surface area contributed by atoms with Crippen molar-refractivity contribution in [1.29, 1.82) is 0 Å². The molecule has 7 heteroatoms. The van der Waals surface area contributed by atoms with Gasteiger partial charge in [0, 0.05) is 32.1 Å². The molecule has 0 atom stereocenters. The number of nitrogens with one attached hydrogen (secondary N) is 1. The molecule has 7 nitrogen and oxygen atoms in total. The van der Waals surface area contributed by atoms with Crippen LogP contribution in [0.4, 0.5) is 11.6 Å². The van der Waals surface area contributed by atoms with Gasteiger partial charge in [0.1, 0.15) is 5.76 Å². The van der Waals surface area contributed by atoms with Crippen molar-refractivity contribution in [3.8, 4) is 0 Å². The van der Waals surface area contributed by atoms with E-state index in [9.17, 15) is 4.79 Å². The second-order valence-corrected chi connectivity index (χ2v) is 6.99. The normalized spacial score (nSPS) is 18.3. The largest absolute Gasteiger partial charge is 0.467 e. The highest BCUT2D eigenvalue weighted by Crippen LogP contribution is 2.24. The molecule has 4 rings (SSSR count). The van der Waals surface area contributed by atoms with Gasteiger partial charge >= 0.3 is 0 Å². The van der Waals surface area contributed by atoms with Gasteiger partial charge in [0.05, 0.1) is 30.9 Å². The first-order chi connectivity index (χ1) is 12.8. The summed E-state index contributed by atoms with van der Waals surface area (Å²) in [6, 6.07) is 3.70. The summed E-state index contributed by atoms with van der Waals surface area (Å²) < 4.78 is 5.25. The first-order valence-corrected chi connectivity index (χ1v) is 9.41. The minimum Gasteiger partial charge on any atom is -0.467 e. The van der Waals surface area contributed by atoms with Gasteiger partial charge in [0.15, 0.2) is 0 Å². The van der Waals surface area contributed by atoms with Crippen LogP contribution in [0.1, 0.15) is 31.4 Å². The van der Waals surface area contributed by atoms with Crippen molar-refractivity contribution in [2.24, 2.45) is 5.92 Å². The van der Waals surface area contributed by atoms with E-state index >= 15 is 0 Å². The van der Waals surface area contributed by atoms with Gasteiger partial charge in [-0.15, -0.1) is 0 Å². The number of carbonyl (C=O) groups excluding carboxylic acids is 1. The van der Waals surface area contributed by atoms with Crippen LogP contribution in [0.25, 0.3) is 0 Å². The molecule has 1 amide bonds. The summed E-state index contributed by atoms with van der Waals surface area (Å²) in [4.78, 5) is 25.9. The summed E-state index contributed by atoms with van der Waals surface area (Å²) in [6.07, 6.45) is 9.59. The molecule has 2 aliphatic rings. The number of furan rings is 1. The second-order valence-electron chi connectivity index (χ2n) is 6.99. The van der Waals surface area contributed by atoms with Crippen LogP contribution in [0.3, 0.4) is 0 Å². The molecule has 2 aliphatic heterocycles. The van der Waals surface area contributed by atoms with Gasteiger partial charge in [-0.25, -0.2) is 9.97 Å². The summed E-state index contributed by atoms with van der Waals surface area (Å²) >= 11 is 0. The van der Waals surface area contributed by atoms with E-state index in [1.807, 2.05) is 24.5 Å². The monoisotopic (exact) mass is 355 g/mol. The molecule has 0 radical (unpaired) electrons. The Morgan fingerprint density at radius 3 is 2.50 bits per heavy atom. The number of hydrogen-bond acceptors (Lipinski definition) is 6. The van der Waals surface area contributed by atoms with E-state index in [2.05, 4.69) is 25.1 Å². The molecule has 0 aliphatic carbocycles. The van der Waals surface area contributed by atoms with E-state index < -0.39 is 0 Å². The standard InChI is InChI=1S/C19H25N5O2/c25-18(20-14-17-4-3-11-26-17)15-5-9-23(10-6-15)16-12-21-19(22-13-16)24-7-1-2-8-24/h3-4,11-13,15H,1-2,5-10,14H2,(H,20,25). The Bertz CT molecular complexity index is 702. The molecular formula is C19H25N5O2. The molecular weight excluding hydrogens is 330 g/mol. The molecule has 0 saturated carbocycles. The van der Waals surface area contributed by atoms with Gasteiger partial charge in [0.2, 0.25) is 11.9 Å². The zero-order chi connectivity index (χ0) is 17.8. The van der Waals surface area contributed by atoms with Crippen LogP contribution in [-0.2, 0) is 11.3 Å². The quantitative estimate of drug-likeness (QED) is 0.886. The Morgan fingerprint density at radius 1 is 1.12 bits per heavy atom. The van der Waals surface area contributed by atoms with E-state index in [1.54, 1.807) is 6.26 Å². The average molecular weight is 355 g/mol. The zero-order valence-electron chi connectivity index (χ0n) is 14.9. The fraction of sp³-hybridized carbons (Fsp3) is 0.526. The lowest BCUT2D eigenvalue weighted by molar-refractivity contribution is -0.125. The number of hydrogen-bond donors (Lipinski definition) is 1. The van der Waals surface area contributed by atoms with Crippen molar-refractivity contribution in [2.75, 3.05) is 36.0 Å². The van der Waals surface area contributed by atoms with Gasteiger partial charge in [-0.2, -0.15) is 0 Å². The van der Waals surface area contributed by atoms with Gasteiger partial charge < -0.3 is 19.5 Å². The third-order valence-corrected chi connectivity index (χ3v) is 5.26. The van der Waals surface area contributed by atoms with Crippen LogP contribution in [0.15, 0.2) is 35.2 Å². The number of aromatic nitrogens is 2. The highest BCUT2D eigenvalue weighted by Gasteiger charge is 2.25. The van der Waals surface area contributed by atoms with Crippen LogP contribution >= 0.6 is 0 Å². The summed E-state index contributed by atoms with van der Waals surface area (Å²) in [7, 11) is 0. The molecule has 2 fully saturated rings. The first-order valence-electron chi connectivity index (χ1n) is 9.41. The molecule has 2 aromatic heterocycles. The van der Waals surface area contributed by atoms with Crippen molar-refractivity contribution >= 4 is 17.5 Å². The van der Waals surface area contributed by atoms with E-state index in [4.69, 9.17) is 4.42 Å². The Kier molecular flexibility index (Phi) is 5.04. The van der Waals surface area contributed by atoms with E-state index in [0.29, 0.717) is 6.54 Å². The number of anilines is 2. The molecule has 26 heavy (non-hydrogen) atoms. The second kappa shape index (κ2) is 7.76. The average Bonchev–Trinajstić information content (AvgIpc) is 3.40. The summed E-state index contributed by atoms with van der Waals surface area (Å²) in [5, 5.41) is 2.97. The van der Waals surface area contributed by atoms with Gasteiger partial charge in [-0.05, 0) is 37.8 Å². The Labute approximate surface area is 153 Å². The maximum atomic E-state index is 12.3. The predicted octanol–water partition coefficient (Wildman–Crippen LogP) is 2.20. The van der Waals surface area contributed by atoms with Gasteiger partial charge in [-0.1, -0.05) is 0 Å². The molecule has 0 spiro atoms. The zero-order valence-corrected chi connectivity index (χ0v) is 14.9. The third-order valence-electron chi connectivity index (χ3n) is 5.26. The number of piperidine rings is 1. The Balaban J connectivity index is 1.27. The highest BCUT2D eigenvalue weighted by atomic mass is 16.3. The van der Waals surface area contributed by atoms with Gasteiger partial charge in [-0.3, -0.25) is 4.79 Å². The Morgan fingerprint density at radius 2 is 1.85 bits per heavy atom. The molecule has 4 heterocycles. The first kappa shape index (κ1) is 16.9. The van der Waals surface area contributed by atoms with Crippen molar-refractivity contribution in [1.82, 2.24) is 15.3 Å².